The molecule has 0 saturated heterocycles. The van der Waals surface area contributed by atoms with Gasteiger partial charge in [-0.15, -0.1) is 0 Å². The van der Waals surface area contributed by atoms with Gasteiger partial charge in [-0.25, -0.2) is 0 Å². The van der Waals surface area contributed by atoms with Gasteiger partial charge in [-0.3, -0.25) is 9.59 Å². The molecule has 0 aromatic heterocycles. The lowest BCUT2D eigenvalue weighted by molar-refractivity contribution is -0.125. The number of amides is 2. The molecular formula is C26H34N2O6. The number of ether oxygens (including phenoxy) is 4. The van der Waals surface area contributed by atoms with Crippen molar-refractivity contribution in [3.05, 3.63) is 48.5 Å². The third kappa shape index (κ3) is 8.04. The zero-order chi connectivity index (χ0) is 24.2. The van der Waals surface area contributed by atoms with Gasteiger partial charge in [0.15, 0.2) is 0 Å². The van der Waals surface area contributed by atoms with Gasteiger partial charge in [0, 0.05) is 37.4 Å². The summed E-state index contributed by atoms with van der Waals surface area (Å²) >= 11 is 0. The Bertz CT molecular complexity index is 817. The first-order valence-corrected chi connectivity index (χ1v) is 11.6. The monoisotopic (exact) mass is 470 g/mol. The van der Waals surface area contributed by atoms with E-state index in [0.717, 1.165) is 22.9 Å². The van der Waals surface area contributed by atoms with Crippen molar-refractivity contribution >= 4 is 23.2 Å². The fourth-order valence-corrected chi connectivity index (χ4v) is 3.86. The van der Waals surface area contributed by atoms with E-state index in [4.69, 9.17) is 18.9 Å². The number of rotatable bonds is 12. The third-order valence-electron chi connectivity index (χ3n) is 5.82. The summed E-state index contributed by atoms with van der Waals surface area (Å²) in [6.45, 7) is 2.01. The highest BCUT2D eigenvalue weighted by molar-refractivity contribution is 5.94. The smallest absolute Gasteiger partial charge is 0.227 e. The molecule has 1 aliphatic rings. The third-order valence-corrected chi connectivity index (χ3v) is 5.82. The molecule has 8 heteroatoms. The largest absolute Gasteiger partial charge is 0.491 e. The minimum absolute atomic E-state index is 0.00373. The average molecular weight is 471 g/mol. The first kappa shape index (κ1) is 25.5. The van der Waals surface area contributed by atoms with Crippen LogP contribution in [0.25, 0.3) is 0 Å². The summed E-state index contributed by atoms with van der Waals surface area (Å²) in [4.78, 5) is 25.4. The normalized spacial score (nSPS) is 17.6. The van der Waals surface area contributed by atoms with E-state index in [1.807, 2.05) is 48.5 Å². The van der Waals surface area contributed by atoms with Crippen molar-refractivity contribution in [2.24, 2.45) is 11.8 Å². The van der Waals surface area contributed by atoms with E-state index in [1.54, 1.807) is 14.2 Å². The van der Waals surface area contributed by atoms with Crippen LogP contribution in [0.2, 0.25) is 0 Å². The molecule has 1 aliphatic carbocycles. The minimum atomic E-state index is -0.0924. The summed E-state index contributed by atoms with van der Waals surface area (Å²) in [5, 5.41) is 5.95. The van der Waals surface area contributed by atoms with Crippen LogP contribution in [0.3, 0.4) is 0 Å². The van der Waals surface area contributed by atoms with E-state index in [1.165, 1.54) is 0 Å². The Morgan fingerprint density at radius 3 is 1.32 bits per heavy atom. The second-order valence-corrected chi connectivity index (χ2v) is 8.26. The van der Waals surface area contributed by atoms with Crippen molar-refractivity contribution in [2.45, 2.75) is 25.7 Å². The molecule has 1 saturated carbocycles. The van der Waals surface area contributed by atoms with Crippen LogP contribution in [0.4, 0.5) is 11.4 Å². The fraction of sp³-hybridized carbons (Fsp3) is 0.462. The Balaban J connectivity index is 1.40. The topological polar surface area (TPSA) is 95.1 Å². The molecule has 2 aromatic carbocycles. The standard InChI is InChI=1S/C26H34N2O6/c1-31-15-17-33-23-11-7-21(8-12-23)27-25(29)19-3-5-20(6-4-19)26(30)28-22-9-13-24(14-10-22)34-18-16-32-2/h7-14,19-20H,3-6,15-18H2,1-2H3,(H,27,29)(H,28,30). The number of nitrogens with one attached hydrogen (secondary N) is 2. The van der Waals surface area contributed by atoms with Crippen molar-refractivity contribution in [1.82, 2.24) is 0 Å². The number of carbonyl (C=O) groups excluding carboxylic acids is 2. The zero-order valence-corrected chi connectivity index (χ0v) is 19.9. The van der Waals surface area contributed by atoms with Gasteiger partial charge in [-0.05, 0) is 74.2 Å². The van der Waals surface area contributed by atoms with Gasteiger partial charge < -0.3 is 29.6 Å². The average Bonchev–Trinajstić information content (AvgIpc) is 2.86. The predicted molar refractivity (Wildman–Crippen MR) is 130 cm³/mol. The highest BCUT2D eigenvalue weighted by Crippen LogP contribution is 2.31. The molecule has 0 atom stereocenters. The highest BCUT2D eigenvalue weighted by Gasteiger charge is 2.30. The molecule has 0 radical (unpaired) electrons. The molecule has 3 rings (SSSR count). The van der Waals surface area contributed by atoms with Crippen molar-refractivity contribution in [3.63, 3.8) is 0 Å². The number of hydrogen-bond donors (Lipinski definition) is 2. The second-order valence-electron chi connectivity index (χ2n) is 8.26. The quantitative estimate of drug-likeness (QED) is 0.453. The molecule has 0 heterocycles. The summed E-state index contributed by atoms with van der Waals surface area (Å²) < 4.78 is 21.0. The van der Waals surface area contributed by atoms with Crippen LogP contribution >= 0.6 is 0 Å². The maximum Gasteiger partial charge on any atom is 0.227 e. The first-order valence-electron chi connectivity index (χ1n) is 11.6. The molecule has 0 spiro atoms. The summed E-state index contributed by atoms with van der Waals surface area (Å²) in [5.41, 5.74) is 1.47. The lowest BCUT2D eigenvalue weighted by atomic mass is 9.81. The van der Waals surface area contributed by atoms with Gasteiger partial charge in [-0.2, -0.15) is 0 Å². The summed E-state index contributed by atoms with van der Waals surface area (Å²) in [6, 6.07) is 14.6. The molecule has 2 amide bonds. The van der Waals surface area contributed by atoms with Gasteiger partial charge in [0.1, 0.15) is 24.7 Å². The maximum absolute atomic E-state index is 12.7. The molecule has 0 bridgehead atoms. The van der Waals surface area contributed by atoms with E-state index < -0.39 is 0 Å². The number of hydrogen-bond acceptors (Lipinski definition) is 6. The second kappa shape index (κ2) is 13.6. The molecule has 184 valence electrons. The van der Waals surface area contributed by atoms with Crippen LogP contribution in [-0.4, -0.2) is 52.5 Å². The zero-order valence-electron chi connectivity index (χ0n) is 19.9. The molecule has 34 heavy (non-hydrogen) atoms. The lowest BCUT2D eigenvalue weighted by Crippen LogP contribution is -2.32. The van der Waals surface area contributed by atoms with Crippen LogP contribution in [0.1, 0.15) is 25.7 Å². The van der Waals surface area contributed by atoms with Gasteiger partial charge >= 0.3 is 0 Å². The fourth-order valence-electron chi connectivity index (χ4n) is 3.86. The van der Waals surface area contributed by atoms with Crippen LogP contribution in [-0.2, 0) is 19.1 Å². The number of carbonyl (C=O) groups is 2. The number of benzene rings is 2. The first-order chi connectivity index (χ1) is 16.6. The van der Waals surface area contributed by atoms with E-state index in [0.29, 0.717) is 52.1 Å². The molecule has 2 N–H and O–H groups in total. The highest BCUT2D eigenvalue weighted by atomic mass is 16.5. The van der Waals surface area contributed by atoms with Crippen LogP contribution < -0.4 is 20.1 Å². The van der Waals surface area contributed by atoms with Crippen molar-refractivity contribution in [2.75, 3.05) is 51.3 Å². The van der Waals surface area contributed by atoms with Crippen LogP contribution in [0, 0.1) is 11.8 Å². The Morgan fingerprint density at radius 2 is 1.00 bits per heavy atom. The van der Waals surface area contributed by atoms with Gasteiger partial charge in [0.05, 0.1) is 13.2 Å². The Hall–Kier alpha value is -3.10. The molecule has 2 aromatic rings. The lowest BCUT2D eigenvalue weighted by Gasteiger charge is -2.27. The van der Waals surface area contributed by atoms with Crippen molar-refractivity contribution in [1.29, 1.82) is 0 Å². The summed E-state index contributed by atoms with van der Waals surface area (Å²) in [7, 11) is 3.25. The van der Waals surface area contributed by atoms with E-state index in [2.05, 4.69) is 10.6 Å². The maximum atomic E-state index is 12.7. The van der Waals surface area contributed by atoms with Crippen molar-refractivity contribution in [3.8, 4) is 11.5 Å². The number of methoxy groups -OCH3 is 2. The van der Waals surface area contributed by atoms with E-state index in [9.17, 15) is 9.59 Å². The van der Waals surface area contributed by atoms with Crippen molar-refractivity contribution < 1.29 is 28.5 Å². The van der Waals surface area contributed by atoms with Gasteiger partial charge in [0.2, 0.25) is 11.8 Å². The summed E-state index contributed by atoms with van der Waals surface area (Å²) in [6.07, 6.45) is 2.76. The molecule has 0 unspecified atom stereocenters. The van der Waals surface area contributed by atoms with Gasteiger partial charge in [0.25, 0.3) is 0 Å². The minimum Gasteiger partial charge on any atom is -0.491 e. The SMILES string of the molecule is COCCOc1ccc(NC(=O)C2CCC(C(=O)Nc3ccc(OCCOC)cc3)CC2)cc1. The Kier molecular flexibility index (Phi) is 10.2. The molecule has 1 fully saturated rings. The van der Waals surface area contributed by atoms with E-state index in [-0.39, 0.29) is 23.7 Å². The van der Waals surface area contributed by atoms with Crippen LogP contribution in [0.5, 0.6) is 11.5 Å². The summed E-state index contributed by atoms with van der Waals surface area (Å²) in [5.74, 6) is 1.27. The number of anilines is 2. The van der Waals surface area contributed by atoms with Crippen LogP contribution in [0.15, 0.2) is 48.5 Å². The Morgan fingerprint density at radius 1 is 0.647 bits per heavy atom. The van der Waals surface area contributed by atoms with E-state index >= 15 is 0 Å². The predicted octanol–water partition coefficient (Wildman–Crippen LogP) is 4.12. The Labute approximate surface area is 200 Å². The molecular weight excluding hydrogens is 436 g/mol. The molecule has 0 aliphatic heterocycles. The molecule has 8 nitrogen and oxygen atoms in total. The van der Waals surface area contributed by atoms with Gasteiger partial charge in [-0.1, -0.05) is 0 Å².